The fourth-order valence-electron chi connectivity index (χ4n) is 2.03. The Bertz CT molecular complexity index is 615. The van der Waals surface area contributed by atoms with E-state index in [-0.39, 0.29) is 11.7 Å². The van der Waals surface area contributed by atoms with Gasteiger partial charge in [0.05, 0.1) is 5.56 Å². The molecular weight excluding hydrogens is 274 g/mol. The summed E-state index contributed by atoms with van der Waals surface area (Å²) in [6.45, 7) is 4.11. The zero-order chi connectivity index (χ0) is 14.7. The van der Waals surface area contributed by atoms with E-state index in [4.69, 9.17) is 17.3 Å². The van der Waals surface area contributed by atoms with Gasteiger partial charge < -0.3 is 11.1 Å². The molecule has 0 saturated carbocycles. The van der Waals surface area contributed by atoms with Crippen LogP contribution in [-0.2, 0) is 6.54 Å². The lowest BCUT2D eigenvalue weighted by Gasteiger charge is -2.10. The van der Waals surface area contributed by atoms with Gasteiger partial charge in [-0.05, 0) is 43.2 Å². The summed E-state index contributed by atoms with van der Waals surface area (Å²) in [6, 6.07) is 9.15. The second kappa shape index (κ2) is 5.92. The molecule has 0 spiro atoms. The van der Waals surface area contributed by atoms with Gasteiger partial charge in [0.1, 0.15) is 5.82 Å². The van der Waals surface area contributed by atoms with E-state index in [0.717, 1.165) is 16.8 Å². The third kappa shape index (κ3) is 3.27. The number of aromatic nitrogens is 1. The SMILES string of the molecule is Cc1cc(C)c(C(=O)NCc2ccc(Cl)cc2)c(N)n1. The Kier molecular flexibility index (Phi) is 4.25. The first-order valence-electron chi connectivity index (χ1n) is 6.23. The summed E-state index contributed by atoms with van der Waals surface area (Å²) in [6.07, 6.45) is 0. The first-order chi connectivity index (χ1) is 9.47. The number of amides is 1. The molecule has 0 aliphatic rings. The lowest BCUT2D eigenvalue weighted by Crippen LogP contribution is -2.25. The van der Waals surface area contributed by atoms with E-state index >= 15 is 0 Å². The number of nitrogen functional groups attached to an aromatic ring is 1. The van der Waals surface area contributed by atoms with E-state index in [2.05, 4.69) is 10.3 Å². The largest absolute Gasteiger partial charge is 0.383 e. The number of aryl methyl sites for hydroxylation is 2. The number of carbonyl (C=O) groups excluding carboxylic acids is 1. The van der Waals surface area contributed by atoms with Crippen molar-refractivity contribution >= 4 is 23.3 Å². The molecule has 104 valence electrons. The molecule has 5 heteroatoms. The van der Waals surface area contributed by atoms with Crippen molar-refractivity contribution in [1.82, 2.24) is 10.3 Å². The Morgan fingerprint density at radius 2 is 1.95 bits per heavy atom. The molecule has 0 bridgehead atoms. The van der Waals surface area contributed by atoms with Gasteiger partial charge in [0.2, 0.25) is 0 Å². The maximum absolute atomic E-state index is 12.2. The van der Waals surface area contributed by atoms with Crippen molar-refractivity contribution in [2.24, 2.45) is 0 Å². The van der Waals surface area contributed by atoms with Crippen molar-refractivity contribution in [1.29, 1.82) is 0 Å². The smallest absolute Gasteiger partial charge is 0.255 e. The normalized spacial score (nSPS) is 10.3. The summed E-state index contributed by atoms with van der Waals surface area (Å²) in [5.41, 5.74) is 8.85. The third-order valence-corrected chi connectivity index (χ3v) is 3.22. The topological polar surface area (TPSA) is 68.0 Å². The molecule has 1 aromatic heterocycles. The first-order valence-corrected chi connectivity index (χ1v) is 6.61. The second-order valence-electron chi connectivity index (χ2n) is 4.65. The highest BCUT2D eigenvalue weighted by molar-refractivity contribution is 6.30. The molecule has 4 nitrogen and oxygen atoms in total. The van der Waals surface area contributed by atoms with Crippen LogP contribution in [0.25, 0.3) is 0 Å². The summed E-state index contributed by atoms with van der Waals surface area (Å²) >= 11 is 5.81. The number of rotatable bonds is 3. The van der Waals surface area contributed by atoms with Crippen LogP contribution in [0.15, 0.2) is 30.3 Å². The van der Waals surface area contributed by atoms with E-state index in [1.165, 1.54) is 0 Å². The molecule has 0 aliphatic carbocycles. The number of pyridine rings is 1. The van der Waals surface area contributed by atoms with Crippen LogP contribution in [-0.4, -0.2) is 10.9 Å². The number of nitrogens with zero attached hydrogens (tertiary/aromatic N) is 1. The number of carbonyl (C=O) groups is 1. The lowest BCUT2D eigenvalue weighted by molar-refractivity contribution is 0.0951. The molecule has 20 heavy (non-hydrogen) atoms. The number of nitrogens with two attached hydrogens (primary N) is 1. The molecule has 0 radical (unpaired) electrons. The number of halogens is 1. The number of hydrogen-bond donors (Lipinski definition) is 2. The van der Waals surface area contributed by atoms with Crippen LogP contribution < -0.4 is 11.1 Å². The number of nitrogens with one attached hydrogen (secondary N) is 1. The molecular formula is C15H16ClN3O. The van der Waals surface area contributed by atoms with Gasteiger partial charge in [-0.25, -0.2) is 4.98 Å². The molecule has 2 rings (SSSR count). The van der Waals surface area contributed by atoms with Gasteiger partial charge in [-0.3, -0.25) is 4.79 Å². The molecule has 1 amide bonds. The predicted molar refractivity (Wildman–Crippen MR) is 80.7 cm³/mol. The highest BCUT2D eigenvalue weighted by Gasteiger charge is 2.14. The van der Waals surface area contributed by atoms with Crippen molar-refractivity contribution in [3.63, 3.8) is 0 Å². The van der Waals surface area contributed by atoms with E-state index in [1.54, 1.807) is 12.1 Å². The zero-order valence-electron chi connectivity index (χ0n) is 11.4. The molecule has 3 N–H and O–H groups in total. The molecule has 0 fully saturated rings. The molecule has 1 heterocycles. The zero-order valence-corrected chi connectivity index (χ0v) is 12.2. The summed E-state index contributed by atoms with van der Waals surface area (Å²) in [5.74, 6) is 0.0403. The summed E-state index contributed by atoms with van der Waals surface area (Å²) in [7, 11) is 0. The number of anilines is 1. The minimum Gasteiger partial charge on any atom is -0.383 e. The molecule has 0 atom stereocenters. The van der Waals surface area contributed by atoms with Crippen LogP contribution in [0.4, 0.5) is 5.82 Å². The monoisotopic (exact) mass is 289 g/mol. The van der Waals surface area contributed by atoms with E-state index < -0.39 is 0 Å². The predicted octanol–water partition coefficient (Wildman–Crippen LogP) is 2.86. The maximum Gasteiger partial charge on any atom is 0.255 e. The lowest BCUT2D eigenvalue weighted by atomic mass is 10.1. The van der Waals surface area contributed by atoms with Gasteiger partial charge in [-0.15, -0.1) is 0 Å². The van der Waals surface area contributed by atoms with Crippen LogP contribution in [0, 0.1) is 13.8 Å². The minimum absolute atomic E-state index is 0.220. The number of hydrogen-bond acceptors (Lipinski definition) is 3. The van der Waals surface area contributed by atoms with Gasteiger partial charge in [0.25, 0.3) is 5.91 Å². The van der Waals surface area contributed by atoms with Crippen molar-refractivity contribution in [2.45, 2.75) is 20.4 Å². The third-order valence-electron chi connectivity index (χ3n) is 2.97. The highest BCUT2D eigenvalue weighted by Crippen LogP contribution is 2.16. The van der Waals surface area contributed by atoms with Crippen LogP contribution in [0.2, 0.25) is 5.02 Å². The minimum atomic E-state index is -0.220. The Morgan fingerprint density at radius 3 is 2.55 bits per heavy atom. The van der Waals surface area contributed by atoms with Gasteiger partial charge >= 0.3 is 0 Å². The highest BCUT2D eigenvalue weighted by atomic mass is 35.5. The standard InChI is InChI=1S/C15H16ClN3O/c1-9-7-10(2)19-14(17)13(9)15(20)18-8-11-3-5-12(16)6-4-11/h3-7H,8H2,1-2H3,(H2,17,19)(H,18,20). The van der Waals surface area contributed by atoms with Gasteiger partial charge in [-0.2, -0.15) is 0 Å². The van der Waals surface area contributed by atoms with E-state index in [9.17, 15) is 4.79 Å². The summed E-state index contributed by atoms with van der Waals surface area (Å²) < 4.78 is 0. The van der Waals surface area contributed by atoms with Crippen LogP contribution >= 0.6 is 11.6 Å². The Morgan fingerprint density at radius 1 is 1.30 bits per heavy atom. The Hall–Kier alpha value is -2.07. The Balaban J connectivity index is 2.11. The fraction of sp³-hybridized carbons (Fsp3) is 0.200. The maximum atomic E-state index is 12.2. The molecule has 0 unspecified atom stereocenters. The van der Waals surface area contributed by atoms with Crippen LogP contribution in [0.3, 0.4) is 0 Å². The average Bonchev–Trinajstić information content (AvgIpc) is 2.37. The summed E-state index contributed by atoms with van der Waals surface area (Å²) in [4.78, 5) is 16.3. The second-order valence-corrected chi connectivity index (χ2v) is 5.09. The molecule has 1 aromatic carbocycles. The fourth-order valence-corrected chi connectivity index (χ4v) is 2.16. The first kappa shape index (κ1) is 14.3. The molecule has 0 aliphatic heterocycles. The van der Waals surface area contributed by atoms with E-state index in [1.807, 2.05) is 32.0 Å². The van der Waals surface area contributed by atoms with Crippen LogP contribution in [0.5, 0.6) is 0 Å². The van der Waals surface area contributed by atoms with Crippen molar-refractivity contribution in [2.75, 3.05) is 5.73 Å². The van der Waals surface area contributed by atoms with E-state index in [0.29, 0.717) is 17.1 Å². The number of benzene rings is 1. The average molecular weight is 290 g/mol. The molecule has 0 saturated heterocycles. The quantitative estimate of drug-likeness (QED) is 0.913. The van der Waals surface area contributed by atoms with Gasteiger partial charge in [0, 0.05) is 17.3 Å². The van der Waals surface area contributed by atoms with Gasteiger partial charge in [0.15, 0.2) is 0 Å². The summed E-state index contributed by atoms with van der Waals surface area (Å²) in [5, 5.41) is 3.50. The Labute approximate surface area is 123 Å². The van der Waals surface area contributed by atoms with Crippen molar-refractivity contribution in [3.05, 3.63) is 57.7 Å². The molecule has 2 aromatic rings. The van der Waals surface area contributed by atoms with Crippen molar-refractivity contribution in [3.8, 4) is 0 Å². The van der Waals surface area contributed by atoms with Gasteiger partial charge in [-0.1, -0.05) is 23.7 Å². The van der Waals surface area contributed by atoms with Crippen molar-refractivity contribution < 1.29 is 4.79 Å². The van der Waals surface area contributed by atoms with Crippen LogP contribution in [0.1, 0.15) is 27.2 Å².